The molecule has 1 aromatic heterocycles. The number of nitrogens with one attached hydrogen (secondary N) is 1. The average molecular weight is 310 g/mol. The van der Waals surface area contributed by atoms with E-state index in [0.29, 0.717) is 10.6 Å². The topological polar surface area (TPSA) is 29.9 Å². The molecule has 0 radical (unpaired) electrons. The van der Waals surface area contributed by atoms with Gasteiger partial charge >= 0.3 is 0 Å². The van der Waals surface area contributed by atoms with Gasteiger partial charge in [0.2, 0.25) is 0 Å². The first kappa shape index (κ1) is 16.0. The second-order valence-electron chi connectivity index (χ2n) is 5.14. The Morgan fingerprint density at radius 2 is 2.24 bits per heavy atom. The van der Waals surface area contributed by atoms with Gasteiger partial charge in [-0.1, -0.05) is 24.6 Å². The highest BCUT2D eigenvalue weighted by Crippen LogP contribution is 2.28. The molecule has 0 aliphatic rings. The van der Waals surface area contributed by atoms with E-state index in [0.717, 1.165) is 31.6 Å². The van der Waals surface area contributed by atoms with Crippen LogP contribution in [-0.4, -0.2) is 16.1 Å². The molecule has 0 bridgehead atoms. The number of nitrogens with zero attached hydrogens (tertiary/aromatic N) is 2. The highest BCUT2D eigenvalue weighted by molar-refractivity contribution is 6.31. The Bertz CT molecular complexity index is 562. The molecule has 1 N–H and O–H groups in total. The van der Waals surface area contributed by atoms with Gasteiger partial charge in [0.25, 0.3) is 0 Å². The van der Waals surface area contributed by atoms with E-state index in [4.69, 9.17) is 11.6 Å². The Balaban J connectivity index is 2.16. The van der Waals surface area contributed by atoms with Gasteiger partial charge in [-0.2, -0.15) is 0 Å². The van der Waals surface area contributed by atoms with Crippen LogP contribution in [0.5, 0.6) is 0 Å². The third kappa shape index (κ3) is 4.05. The van der Waals surface area contributed by atoms with Crippen LogP contribution in [0.15, 0.2) is 30.6 Å². The van der Waals surface area contributed by atoms with Crippen molar-refractivity contribution in [2.24, 2.45) is 7.05 Å². The SMILES string of the molecule is CCCNC(CCc1nccn1C)c1c(F)cccc1Cl. The van der Waals surface area contributed by atoms with E-state index < -0.39 is 0 Å². The maximum atomic E-state index is 14.1. The molecule has 21 heavy (non-hydrogen) atoms. The van der Waals surface area contributed by atoms with E-state index in [9.17, 15) is 4.39 Å². The standard InChI is InChI=1S/C16H21ClFN3/c1-3-9-19-14(7-8-15-20-10-11-21(15)2)16-12(17)5-4-6-13(16)18/h4-6,10-11,14,19H,3,7-9H2,1-2H3. The maximum absolute atomic E-state index is 14.1. The van der Waals surface area contributed by atoms with Crippen LogP contribution in [0.4, 0.5) is 4.39 Å². The summed E-state index contributed by atoms with van der Waals surface area (Å²) in [6.07, 6.45) is 6.21. The van der Waals surface area contributed by atoms with E-state index in [2.05, 4.69) is 17.2 Å². The Morgan fingerprint density at radius 1 is 1.43 bits per heavy atom. The first-order chi connectivity index (χ1) is 10.1. The van der Waals surface area contributed by atoms with Gasteiger partial charge in [0.1, 0.15) is 11.6 Å². The molecular weight excluding hydrogens is 289 g/mol. The van der Waals surface area contributed by atoms with Crippen LogP contribution in [0.25, 0.3) is 0 Å². The summed E-state index contributed by atoms with van der Waals surface area (Å²) in [5, 5.41) is 3.86. The molecule has 0 aliphatic heterocycles. The minimum absolute atomic E-state index is 0.102. The third-order valence-corrected chi connectivity index (χ3v) is 3.90. The molecule has 114 valence electrons. The first-order valence-corrected chi connectivity index (χ1v) is 7.64. The zero-order valence-electron chi connectivity index (χ0n) is 12.4. The fourth-order valence-corrected chi connectivity index (χ4v) is 2.72. The molecule has 1 aromatic carbocycles. The van der Waals surface area contributed by atoms with Gasteiger partial charge < -0.3 is 9.88 Å². The molecule has 2 aromatic rings. The molecule has 1 heterocycles. The van der Waals surface area contributed by atoms with Crippen molar-refractivity contribution >= 4 is 11.6 Å². The quantitative estimate of drug-likeness (QED) is 0.841. The average Bonchev–Trinajstić information content (AvgIpc) is 2.86. The van der Waals surface area contributed by atoms with Gasteiger partial charge in [-0.05, 0) is 31.5 Å². The Morgan fingerprint density at radius 3 is 2.86 bits per heavy atom. The molecule has 0 saturated carbocycles. The minimum atomic E-state index is -0.254. The summed E-state index contributed by atoms with van der Waals surface area (Å²) in [5.74, 6) is 0.738. The van der Waals surface area contributed by atoms with Crippen LogP contribution in [0.1, 0.15) is 37.2 Å². The number of benzene rings is 1. The predicted octanol–water partition coefficient (Wildman–Crippen LogP) is 3.89. The van der Waals surface area contributed by atoms with Crippen LogP contribution in [0.3, 0.4) is 0 Å². The van der Waals surface area contributed by atoms with Crippen molar-refractivity contribution in [1.29, 1.82) is 0 Å². The minimum Gasteiger partial charge on any atom is -0.338 e. The van der Waals surface area contributed by atoms with Crippen molar-refractivity contribution in [3.8, 4) is 0 Å². The lowest BCUT2D eigenvalue weighted by atomic mass is 10.0. The van der Waals surface area contributed by atoms with E-state index in [1.165, 1.54) is 6.07 Å². The van der Waals surface area contributed by atoms with Gasteiger partial charge in [-0.15, -0.1) is 0 Å². The second kappa shape index (κ2) is 7.57. The summed E-state index contributed by atoms with van der Waals surface area (Å²) in [5.41, 5.74) is 0.557. The zero-order valence-corrected chi connectivity index (χ0v) is 13.2. The Hall–Kier alpha value is -1.39. The third-order valence-electron chi connectivity index (χ3n) is 3.57. The van der Waals surface area contributed by atoms with Crippen LogP contribution >= 0.6 is 11.6 Å². The number of hydrogen-bond donors (Lipinski definition) is 1. The van der Waals surface area contributed by atoms with Gasteiger partial charge in [-0.3, -0.25) is 0 Å². The van der Waals surface area contributed by atoms with Crippen molar-refractivity contribution < 1.29 is 4.39 Å². The molecule has 0 saturated heterocycles. The lowest BCUT2D eigenvalue weighted by Crippen LogP contribution is -2.24. The number of rotatable bonds is 7. The monoisotopic (exact) mass is 309 g/mol. The molecule has 0 amide bonds. The maximum Gasteiger partial charge on any atom is 0.129 e. The van der Waals surface area contributed by atoms with E-state index in [1.54, 1.807) is 18.3 Å². The molecule has 3 nitrogen and oxygen atoms in total. The van der Waals surface area contributed by atoms with Crippen LogP contribution in [0, 0.1) is 5.82 Å². The van der Waals surface area contributed by atoms with Gasteiger partial charge in [0.15, 0.2) is 0 Å². The summed E-state index contributed by atoms with van der Waals surface area (Å²) in [6, 6.07) is 4.73. The second-order valence-corrected chi connectivity index (χ2v) is 5.54. The van der Waals surface area contributed by atoms with Crippen molar-refractivity contribution in [1.82, 2.24) is 14.9 Å². The molecule has 0 aliphatic carbocycles. The summed E-state index contributed by atoms with van der Waals surface area (Å²) < 4.78 is 16.1. The number of hydrogen-bond acceptors (Lipinski definition) is 2. The van der Waals surface area contributed by atoms with Crippen molar-refractivity contribution in [3.05, 3.63) is 52.8 Å². The smallest absolute Gasteiger partial charge is 0.129 e. The lowest BCUT2D eigenvalue weighted by Gasteiger charge is -2.20. The normalized spacial score (nSPS) is 12.6. The van der Waals surface area contributed by atoms with E-state index in [1.807, 2.05) is 17.8 Å². The summed E-state index contributed by atoms with van der Waals surface area (Å²) in [7, 11) is 1.97. The fraction of sp³-hybridized carbons (Fsp3) is 0.438. The number of aromatic nitrogens is 2. The lowest BCUT2D eigenvalue weighted by molar-refractivity contribution is 0.468. The predicted molar refractivity (Wildman–Crippen MR) is 84.0 cm³/mol. The highest BCUT2D eigenvalue weighted by Gasteiger charge is 2.19. The first-order valence-electron chi connectivity index (χ1n) is 7.27. The van der Waals surface area contributed by atoms with Gasteiger partial charge in [0, 0.05) is 42.5 Å². The van der Waals surface area contributed by atoms with Crippen molar-refractivity contribution in [2.45, 2.75) is 32.2 Å². The number of halogens is 2. The largest absolute Gasteiger partial charge is 0.338 e. The molecule has 0 fully saturated rings. The molecule has 1 unspecified atom stereocenters. The highest BCUT2D eigenvalue weighted by atomic mass is 35.5. The summed E-state index contributed by atoms with van der Waals surface area (Å²) in [6.45, 7) is 2.92. The van der Waals surface area contributed by atoms with Crippen LogP contribution < -0.4 is 5.32 Å². The molecule has 0 spiro atoms. The zero-order chi connectivity index (χ0) is 15.2. The molecule has 5 heteroatoms. The Labute approximate surface area is 130 Å². The van der Waals surface area contributed by atoms with Crippen LogP contribution in [0.2, 0.25) is 5.02 Å². The molecule has 2 rings (SSSR count). The number of imidazole rings is 1. The summed E-state index contributed by atoms with van der Waals surface area (Å²) in [4.78, 5) is 4.31. The van der Waals surface area contributed by atoms with Crippen molar-refractivity contribution in [3.63, 3.8) is 0 Å². The summed E-state index contributed by atoms with van der Waals surface area (Å²) >= 11 is 6.19. The van der Waals surface area contributed by atoms with E-state index in [-0.39, 0.29) is 11.9 Å². The van der Waals surface area contributed by atoms with E-state index >= 15 is 0 Å². The van der Waals surface area contributed by atoms with Crippen LogP contribution in [-0.2, 0) is 13.5 Å². The van der Waals surface area contributed by atoms with Gasteiger partial charge in [-0.25, -0.2) is 9.37 Å². The molecular formula is C16H21ClFN3. The van der Waals surface area contributed by atoms with Crippen molar-refractivity contribution in [2.75, 3.05) is 6.54 Å². The number of aryl methyl sites for hydroxylation is 2. The van der Waals surface area contributed by atoms with Gasteiger partial charge in [0.05, 0.1) is 0 Å². The molecule has 1 atom stereocenters. The Kier molecular flexibility index (Phi) is 5.76. The fourth-order valence-electron chi connectivity index (χ4n) is 2.42.